The van der Waals surface area contributed by atoms with Crippen LogP contribution in [0, 0.1) is 22.0 Å². The average molecular weight is 389 g/mol. The third-order valence-corrected chi connectivity index (χ3v) is 5.59. The Morgan fingerprint density at radius 3 is 2.81 bits per heavy atom. The topological polar surface area (TPSA) is 125 Å². The summed E-state index contributed by atoms with van der Waals surface area (Å²) < 4.78 is 5.23. The third-order valence-electron chi connectivity index (χ3n) is 4.80. The maximum absolute atomic E-state index is 12.8. The van der Waals surface area contributed by atoms with E-state index >= 15 is 0 Å². The molecule has 8 nitrogen and oxygen atoms in total. The molecule has 27 heavy (non-hydrogen) atoms. The number of hydrogen-bond acceptors (Lipinski definition) is 8. The molecule has 1 aromatic rings. The van der Waals surface area contributed by atoms with Crippen LogP contribution in [-0.4, -0.2) is 33.8 Å². The predicted molar refractivity (Wildman–Crippen MR) is 101 cm³/mol. The third kappa shape index (κ3) is 3.59. The van der Waals surface area contributed by atoms with Gasteiger partial charge in [0, 0.05) is 18.1 Å². The number of fused-ring (bicyclic) bond motifs is 1. The van der Waals surface area contributed by atoms with Crippen LogP contribution in [-0.2, 0) is 14.3 Å². The number of non-ortho nitro benzene ring substituents is 1. The normalized spacial score (nSPS) is 27.3. The van der Waals surface area contributed by atoms with Crippen LogP contribution in [0.5, 0.6) is 0 Å². The summed E-state index contributed by atoms with van der Waals surface area (Å²) in [6, 6.07) is 5.52. The molecule has 2 aliphatic rings. The van der Waals surface area contributed by atoms with E-state index in [0.717, 1.165) is 11.8 Å². The van der Waals surface area contributed by atoms with Crippen LogP contribution in [0.15, 0.2) is 40.9 Å². The van der Waals surface area contributed by atoms with E-state index in [1.165, 1.54) is 12.1 Å². The van der Waals surface area contributed by atoms with Gasteiger partial charge in [-0.15, -0.1) is 0 Å². The number of nitrogens with zero attached hydrogens (tertiary/aromatic N) is 2. The highest BCUT2D eigenvalue weighted by Crippen LogP contribution is 2.47. The fraction of sp³-hybridized carbons (Fsp3) is 0.389. The van der Waals surface area contributed by atoms with Gasteiger partial charge in [0.05, 0.1) is 29.4 Å². The van der Waals surface area contributed by atoms with Gasteiger partial charge in [-0.25, -0.2) is 0 Å². The Labute approximate surface area is 160 Å². The number of rotatable bonds is 4. The van der Waals surface area contributed by atoms with Crippen LogP contribution in [0.3, 0.4) is 0 Å². The van der Waals surface area contributed by atoms with Crippen molar-refractivity contribution in [2.45, 2.75) is 25.8 Å². The molecular formula is C18H19N3O5S. The number of hydrogen-bond donors (Lipinski definition) is 1. The van der Waals surface area contributed by atoms with Gasteiger partial charge in [0.25, 0.3) is 5.69 Å². The molecule has 1 aliphatic carbocycles. The molecule has 0 fully saturated rings. The van der Waals surface area contributed by atoms with E-state index in [1.54, 1.807) is 32.1 Å². The number of carbonyl (C=O) groups is 2. The lowest BCUT2D eigenvalue weighted by atomic mass is 9.67. The summed E-state index contributed by atoms with van der Waals surface area (Å²) in [5, 5.41) is 11.2. The van der Waals surface area contributed by atoms with Crippen LogP contribution >= 0.6 is 11.8 Å². The average Bonchev–Trinajstić information content (AvgIpc) is 2.60. The van der Waals surface area contributed by atoms with Crippen LogP contribution in [0.25, 0.3) is 0 Å². The Morgan fingerprint density at radius 2 is 2.15 bits per heavy atom. The van der Waals surface area contributed by atoms with Gasteiger partial charge in [0.2, 0.25) is 5.12 Å². The van der Waals surface area contributed by atoms with Gasteiger partial charge in [-0.05, 0) is 31.2 Å². The van der Waals surface area contributed by atoms with Crippen LogP contribution < -0.4 is 5.73 Å². The molecule has 0 radical (unpaired) electrons. The molecule has 3 rings (SSSR count). The van der Waals surface area contributed by atoms with E-state index < -0.39 is 34.7 Å². The van der Waals surface area contributed by atoms with Gasteiger partial charge in [0.1, 0.15) is 0 Å². The van der Waals surface area contributed by atoms with Crippen LogP contribution in [0.4, 0.5) is 5.69 Å². The molecule has 4 atom stereocenters. The molecule has 2 N–H and O–H groups in total. The highest BCUT2D eigenvalue weighted by Gasteiger charge is 2.49. The lowest BCUT2D eigenvalue weighted by Crippen LogP contribution is -2.44. The van der Waals surface area contributed by atoms with E-state index in [2.05, 4.69) is 4.99 Å². The minimum atomic E-state index is -0.715. The summed E-state index contributed by atoms with van der Waals surface area (Å²) in [6.07, 6.45) is 1.77. The van der Waals surface area contributed by atoms with Gasteiger partial charge < -0.3 is 10.5 Å². The molecule has 0 bridgehead atoms. The van der Waals surface area contributed by atoms with Crippen molar-refractivity contribution in [2.24, 2.45) is 22.6 Å². The van der Waals surface area contributed by atoms with E-state index in [9.17, 15) is 19.7 Å². The monoisotopic (exact) mass is 389 g/mol. The van der Waals surface area contributed by atoms with E-state index in [-0.39, 0.29) is 22.6 Å². The van der Waals surface area contributed by atoms with Gasteiger partial charge >= 0.3 is 5.97 Å². The molecule has 0 aromatic heterocycles. The highest BCUT2D eigenvalue weighted by molar-refractivity contribution is 8.26. The molecule has 1 aromatic carbocycles. The SMILES string of the molecule is CCOC(=O)C1C(C)=CC2N=C(N)SC(=O)C2C1c1cccc([N+](=O)[O-])c1. The fourth-order valence-corrected chi connectivity index (χ4v) is 4.54. The number of benzene rings is 1. The van der Waals surface area contributed by atoms with E-state index in [0.29, 0.717) is 11.1 Å². The van der Waals surface area contributed by atoms with Crippen molar-refractivity contribution >= 4 is 33.7 Å². The van der Waals surface area contributed by atoms with E-state index in [4.69, 9.17) is 10.5 Å². The predicted octanol–water partition coefficient (Wildman–Crippen LogP) is 2.39. The quantitative estimate of drug-likeness (QED) is 0.363. The number of nitrogens with two attached hydrogens (primary N) is 1. The summed E-state index contributed by atoms with van der Waals surface area (Å²) in [5.41, 5.74) is 6.90. The highest BCUT2D eigenvalue weighted by atomic mass is 32.2. The van der Waals surface area contributed by atoms with Crippen molar-refractivity contribution in [1.29, 1.82) is 0 Å². The summed E-state index contributed by atoms with van der Waals surface area (Å²) in [5.74, 6) is -2.44. The number of nitro groups is 1. The summed E-state index contributed by atoms with van der Waals surface area (Å²) in [7, 11) is 0. The number of carbonyl (C=O) groups excluding carboxylic acids is 2. The second kappa shape index (κ2) is 7.51. The Balaban J connectivity index is 2.16. The minimum absolute atomic E-state index is 0.0993. The number of esters is 1. The summed E-state index contributed by atoms with van der Waals surface area (Å²) >= 11 is 0.838. The zero-order valence-electron chi connectivity index (χ0n) is 14.8. The van der Waals surface area contributed by atoms with Crippen molar-refractivity contribution in [3.63, 3.8) is 0 Å². The molecule has 1 aliphatic heterocycles. The van der Waals surface area contributed by atoms with Crippen LogP contribution in [0.2, 0.25) is 0 Å². The molecule has 142 valence electrons. The Kier molecular flexibility index (Phi) is 5.31. The zero-order chi connectivity index (χ0) is 19.7. The standard InChI is InChI=1S/C18H19N3O5S/c1-3-26-16(22)13-9(2)7-12-15(17(23)27-18(19)20-12)14(13)10-5-4-6-11(8-10)21(24)25/h4-8,12-15H,3H2,1-2H3,(H2,19,20). The maximum atomic E-state index is 12.8. The molecule has 0 amide bonds. The molecule has 4 unspecified atom stereocenters. The van der Waals surface area contributed by atoms with Gasteiger partial charge in [-0.2, -0.15) is 0 Å². The first-order chi connectivity index (χ1) is 12.8. The van der Waals surface area contributed by atoms with Crippen molar-refractivity contribution < 1.29 is 19.2 Å². The second-order valence-electron chi connectivity index (χ2n) is 6.42. The fourth-order valence-electron chi connectivity index (χ4n) is 3.74. The van der Waals surface area contributed by atoms with Gasteiger partial charge in [-0.1, -0.05) is 23.8 Å². The smallest absolute Gasteiger partial charge is 0.313 e. The first-order valence-electron chi connectivity index (χ1n) is 8.47. The molecule has 0 saturated heterocycles. The minimum Gasteiger partial charge on any atom is -0.466 e. The molecule has 9 heteroatoms. The Hall–Kier alpha value is -2.68. The largest absolute Gasteiger partial charge is 0.466 e. The zero-order valence-corrected chi connectivity index (χ0v) is 15.6. The number of thioether (sulfide) groups is 1. The lowest BCUT2D eigenvalue weighted by molar-refractivity contribution is -0.384. The van der Waals surface area contributed by atoms with Gasteiger partial charge in [-0.3, -0.25) is 24.7 Å². The molecule has 0 saturated carbocycles. The number of aliphatic imine (C=N–C) groups is 1. The molecule has 0 spiro atoms. The summed E-state index contributed by atoms with van der Waals surface area (Å²) in [4.78, 5) is 40.5. The Bertz CT molecular complexity index is 866. The summed E-state index contributed by atoms with van der Waals surface area (Å²) in [6.45, 7) is 3.68. The first kappa shape index (κ1) is 19.1. The molecule has 1 heterocycles. The lowest BCUT2D eigenvalue weighted by Gasteiger charge is -2.40. The van der Waals surface area contributed by atoms with Crippen LogP contribution in [0.1, 0.15) is 25.3 Å². The van der Waals surface area contributed by atoms with E-state index in [1.807, 2.05) is 0 Å². The Morgan fingerprint density at radius 1 is 1.41 bits per heavy atom. The first-order valence-corrected chi connectivity index (χ1v) is 9.29. The number of amidine groups is 1. The molecular weight excluding hydrogens is 370 g/mol. The van der Waals surface area contributed by atoms with Crippen molar-refractivity contribution in [3.05, 3.63) is 51.6 Å². The van der Waals surface area contributed by atoms with Gasteiger partial charge in [0.15, 0.2) is 5.17 Å². The maximum Gasteiger partial charge on any atom is 0.313 e. The van der Waals surface area contributed by atoms with Crippen molar-refractivity contribution in [1.82, 2.24) is 0 Å². The van der Waals surface area contributed by atoms with Crippen molar-refractivity contribution in [3.8, 4) is 0 Å². The number of ether oxygens (including phenoxy) is 1. The van der Waals surface area contributed by atoms with Crippen molar-refractivity contribution in [2.75, 3.05) is 6.61 Å². The second-order valence-corrected chi connectivity index (χ2v) is 7.45. The number of nitro benzene ring substituents is 1.